The highest BCUT2D eigenvalue weighted by molar-refractivity contribution is 5.61. The quantitative estimate of drug-likeness (QED) is 0.670. The van der Waals surface area contributed by atoms with Crippen LogP contribution in [0.4, 0.5) is 8.78 Å². The van der Waals surface area contributed by atoms with E-state index in [4.69, 9.17) is 4.74 Å². The summed E-state index contributed by atoms with van der Waals surface area (Å²) in [5.41, 5.74) is 2.85. The molecule has 130 valence electrons. The van der Waals surface area contributed by atoms with E-state index in [1.54, 1.807) is 17.1 Å². The summed E-state index contributed by atoms with van der Waals surface area (Å²) in [4.78, 5) is 4.12. The van der Waals surface area contributed by atoms with Gasteiger partial charge in [-0.15, -0.1) is 0 Å². The Morgan fingerprint density at radius 1 is 1.24 bits per heavy atom. The molecule has 0 saturated carbocycles. The van der Waals surface area contributed by atoms with E-state index in [2.05, 4.69) is 15.4 Å². The molecule has 0 aliphatic heterocycles. The third kappa shape index (κ3) is 4.39. The first-order valence-electron chi connectivity index (χ1n) is 7.85. The Morgan fingerprint density at radius 2 is 2.12 bits per heavy atom. The van der Waals surface area contributed by atoms with E-state index in [0.29, 0.717) is 13.1 Å². The maximum absolute atomic E-state index is 13.5. The van der Waals surface area contributed by atoms with Gasteiger partial charge < -0.3 is 10.1 Å². The smallest absolute Gasteiger partial charge is 0.167 e. The van der Waals surface area contributed by atoms with E-state index in [0.717, 1.165) is 22.9 Å². The lowest BCUT2D eigenvalue weighted by molar-refractivity contribution is 0.297. The molecule has 2 heterocycles. The van der Waals surface area contributed by atoms with E-state index >= 15 is 0 Å². The Kier molecular flexibility index (Phi) is 5.35. The molecular weight excluding hydrogens is 326 g/mol. The number of hydrogen-bond acceptors (Lipinski definition) is 4. The SMILES string of the molecule is Cn1cc(CNCCOc2ccc(F)cc2F)c(-c2cccnc2)n1. The molecule has 7 heteroatoms. The van der Waals surface area contributed by atoms with Crippen molar-refractivity contribution in [2.75, 3.05) is 13.2 Å². The van der Waals surface area contributed by atoms with Gasteiger partial charge in [-0.3, -0.25) is 9.67 Å². The average molecular weight is 344 g/mol. The Labute approximate surface area is 144 Å². The Hall–Kier alpha value is -2.80. The molecule has 0 amide bonds. The van der Waals surface area contributed by atoms with E-state index in [9.17, 15) is 8.78 Å². The monoisotopic (exact) mass is 344 g/mol. The van der Waals surface area contributed by atoms with Crippen molar-refractivity contribution in [2.24, 2.45) is 7.05 Å². The number of nitrogens with one attached hydrogen (secondary N) is 1. The van der Waals surface area contributed by atoms with Crippen LogP contribution in [-0.2, 0) is 13.6 Å². The predicted molar refractivity (Wildman–Crippen MR) is 90.0 cm³/mol. The lowest BCUT2D eigenvalue weighted by atomic mass is 10.1. The molecule has 0 aliphatic rings. The van der Waals surface area contributed by atoms with Gasteiger partial charge in [-0.25, -0.2) is 8.78 Å². The Morgan fingerprint density at radius 3 is 2.88 bits per heavy atom. The number of hydrogen-bond donors (Lipinski definition) is 1. The van der Waals surface area contributed by atoms with Crippen LogP contribution in [0.25, 0.3) is 11.3 Å². The fourth-order valence-corrected chi connectivity index (χ4v) is 2.46. The number of aromatic nitrogens is 3. The van der Waals surface area contributed by atoms with Gasteiger partial charge in [-0.05, 0) is 24.3 Å². The van der Waals surface area contributed by atoms with Gasteiger partial charge in [0.25, 0.3) is 0 Å². The molecule has 0 aliphatic carbocycles. The maximum atomic E-state index is 13.5. The Bertz CT molecular complexity index is 836. The Balaban J connectivity index is 1.53. The molecule has 1 aromatic carbocycles. The third-order valence-corrected chi connectivity index (χ3v) is 3.59. The van der Waals surface area contributed by atoms with Crippen molar-refractivity contribution in [3.63, 3.8) is 0 Å². The zero-order chi connectivity index (χ0) is 17.6. The van der Waals surface area contributed by atoms with Crippen LogP contribution in [0.15, 0.2) is 48.9 Å². The number of nitrogens with zero attached hydrogens (tertiary/aromatic N) is 3. The standard InChI is InChI=1S/C18H18F2N4O/c1-24-12-14(18(23-24)13-3-2-6-21-10-13)11-22-7-8-25-17-5-4-15(19)9-16(17)20/h2-6,9-10,12,22H,7-8,11H2,1H3. The van der Waals surface area contributed by atoms with Crippen molar-refractivity contribution >= 4 is 0 Å². The summed E-state index contributed by atoms with van der Waals surface area (Å²) < 4.78 is 33.4. The van der Waals surface area contributed by atoms with Crippen molar-refractivity contribution < 1.29 is 13.5 Å². The van der Waals surface area contributed by atoms with Gasteiger partial charge in [0.05, 0.1) is 5.69 Å². The number of ether oxygens (including phenoxy) is 1. The lowest BCUT2D eigenvalue weighted by Gasteiger charge is -2.08. The van der Waals surface area contributed by atoms with Crippen LogP contribution in [-0.4, -0.2) is 27.9 Å². The molecular formula is C18H18F2N4O. The highest BCUT2D eigenvalue weighted by atomic mass is 19.1. The second-order valence-electron chi connectivity index (χ2n) is 5.52. The van der Waals surface area contributed by atoms with Gasteiger partial charge in [0.15, 0.2) is 11.6 Å². The van der Waals surface area contributed by atoms with Gasteiger partial charge in [-0.1, -0.05) is 0 Å². The summed E-state index contributed by atoms with van der Waals surface area (Å²) in [6, 6.07) is 7.08. The van der Waals surface area contributed by atoms with Crippen molar-refractivity contribution in [2.45, 2.75) is 6.54 Å². The molecule has 25 heavy (non-hydrogen) atoms. The van der Waals surface area contributed by atoms with Crippen LogP contribution in [0, 0.1) is 11.6 Å². The van der Waals surface area contributed by atoms with Crippen molar-refractivity contribution in [1.82, 2.24) is 20.1 Å². The summed E-state index contributed by atoms with van der Waals surface area (Å²) in [5.74, 6) is -1.28. The molecule has 3 rings (SSSR count). The molecule has 0 unspecified atom stereocenters. The minimum atomic E-state index is -0.703. The maximum Gasteiger partial charge on any atom is 0.167 e. The van der Waals surface area contributed by atoms with Crippen molar-refractivity contribution in [3.05, 3.63) is 66.1 Å². The highest BCUT2D eigenvalue weighted by Gasteiger charge is 2.10. The lowest BCUT2D eigenvalue weighted by Crippen LogP contribution is -2.21. The molecule has 0 atom stereocenters. The summed E-state index contributed by atoms with van der Waals surface area (Å²) in [6.07, 6.45) is 5.43. The number of benzene rings is 1. The van der Waals surface area contributed by atoms with Crippen molar-refractivity contribution in [3.8, 4) is 17.0 Å². The van der Waals surface area contributed by atoms with Gasteiger partial charge in [0, 0.05) is 55.9 Å². The molecule has 3 aromatic rings. The zero-order valence-corrected chi connectivity index (χ0v) is 13.7. The van der Waals surface area contributed by atoms with Gasteiger partial charge in [0.1, 0.15) is 12.4 Å². The summed E-state index contributed by atoms with van der Waals surface area (Å²) in [6.45, 7) is 1.37. The molecule has 1 N–H and O–H groups in total. The first-order chi connectivity index (χ1) is 12.1. The van der Waals surface area contributed by atoms with Crippen LogP contribution >= 0.6 is 0 Å². The second-order valence-corrected chi connectivity index (χ2v) is 5.52. The highest BCUT2D eigenvalue weighted by Crippen LogP contribution is 2.20. The van der Waals surface area contributed by atoms with Crippen LogP contribution in [0.5, 0.6) is 5.75 Å². The molecule has 0 spiro atoms. The summed E-state index contributed by atoms with van der Waals surface area (Å²) in [5, 5.41) is 7.70. The minimum Gasteiger partial charge on any atom is -0.489 e. The van der Waals surface area contributed by atoms with E-state index < -0.39 is 11.6 Å². The third-order valence-electron chi connectivity index (χ3n) is 3.59. The van der Waals surface area contributed by atoms with Crippen LogP contribution in [0.3, 0.4) is 0 Å². The summed E-state index contributed by atoms with van der Waals surface area (Å²) in [7, 11) is 1.86. The minimum absolute atomic E-state index is 0.0422. The first kappa shape index (κ1) is 17.0. The number of rotatable bonds is 7. The fraction of sp³-hybridized carbons (Fsp3) is 0.222. The topological polar surface area (TPSA) is 52.0 Å². The average Bonchev–Trinajstić information content (AvgIpc) is 2.98. The summed E-state index contributed by atoms with van der Waals surface area (Å²) >= 11 is 0. The molecule has 2 aromatic heterocycles. The molecule has 0 saturated heterocycles. The van der Waals surface area contributed by atoms with E-state index in [1.807, 2.05) is 25.4 Å². The van der Waals surface area contributed by atoms with Crippen molar-refractivity contribution in [1.29, 1.82) is 0 Å². The predicted octanol–water partition coefficient (Wildman–Crippen LogP) is 2.93. The van der Waals surface area contributed by atoms with Gasteiger partial charge in [-0.2, -0.15) is 5.10 Å². The van der Waals surface area contributed by atoms with Crippen LogP contribution in [0.2, 0.25) is 0 Å². The van der Waals surface area contributed by atoms with Gasteiger partial charge in [0.2, 0.25) is 0 Å². The molecule has 0 fully saturated rings. The first-order valence-corrected chi connectivity index (χ1v) is 7.85. The number of aryl methyl sites for hydroxylation is 1. The normalized spacial score (nSPS) is 10.8. The number of halogens is 2. The molecule has 0 radical (unpaired) electrons. The largest absolute Gasteiger partial charge is 0.489 e. The van der Waals surface area contributed by atoms with Crippen LogP contribution < -0.4 is 10.1 Å². The van der Waals surface area contributed by atoms with Crippen LogP contribution in [0.1, 0.15) is 5.56 Å². The molecule has 5 nitrogen and oxygen atoms in total. The van der Waals surface area contributed by atoms with E-state index in [1.165, 1.54) is 12.1 Å². The second kappa shape index (κ2) is 7.85. The van der Waals surface area contributed by atoms with Gasteiger partial charge >= 0.3 is 0 Å². The fourth-order valence-electron chi connectivity index (χ4n) is 2.46. The molecule has 0 bridgehead atoms. The number of pyridine rings is 1. The zero-order valence-electron chi connectivity index (χ0n) is 13.7. The van der Waals surface area contributed by atoms with E-state index in [-0.39, 0.29) is 12.4 Å².